The van der Waals surface area contributed by atoms with Crippen LogP contribution in [0.5, 0.6) is 11.5 Å². The van der Waals surface area contributed by atoms with Crippen molar-refractivity contribution in [1.82, 2.24) is 0 Å². The van der Waals surface area contributed by atoms with Gasteiger partial charge in [0.1, 0.15) is 39.2 Å². The summed E-state index contributed by atoms with van der Waals surface area (Å²) in [5, 5.41) is 5.03. The molecule has 6 aromatic rings. The number of hydrogen-bond donors (Lipinski definition) is 0. The highest BCUT2D eigenvalue weighted by molar-refractivity contribution is 7.05. The van der Waals surface area contributed by atoms with Crippen LogP contribution in [-0.4, -0.2) is 16.2 Å². The van der Waals surface area contributed by atoms with Crippen molar-refractivity contribution in [3.8, 4) is 22.8 Å². The summed E-state index contributed by atoms with van der Waals surface area (Å²) >= 11 is 0. The van der Waals surface area contributed by atoms with E-state index in [0.717, 1.165) is 28.4 Å². The highest BCUT2D eigenvalue weighted by atomic mass is 28.2. The summed E-state index contributed by atoms with van der Waals surface area (Å²) in [6.45, 7) is 2.33. The number of hydrogen-bond acceptors (Lipinski definition) is 2. The van der Waals surface area contributed by atoms with Crippen molar-refractivity contribution in [2.75, 3.05) is 0 Å². The van der Waals surface area contributed by atoms with Gasteiger partial charge in [0, 0.05) is 22.9 Å². The molecule has 0 spiro atoms. The zero-order chi connectivity index (χ0) is 24.0. The summed E-state index contributed by atoms with van der Waals surface area (Å²) in [5.74, 6) is 1.93. The summed E-state index contributed by atoms with van der Waals surface area (Å²) in [5.41, 5.74) is 9.40. The average molecular weight is 478 g/mol. The molecule has 0 aliphatic carbocycles. The third kappa shape index (κ3) is 2.61. The number of pyridine rings is 1. The molecular formula is C31H21BNO2Si+. The van der Waals surface area contributed by atoms with Crippen molar-refractivity contribution in [2.45, 2.75) is 6.92 Å². The zero-order valence-electron chi connectivity index (χ0n) is 20.0. The summed E-state index contributed by atoms with van der Waals surface area (Å²) < 4.78 is 15.4. The number of furan rings is 1. The molecule has 0 saturated carbocycles. The van der Waals surface area contributed by atoms with Gasteiger partial charge in [0.05, 0.1) is 5.56 Å². The number of fused-ring (bicyclic) bond motifs is 8. The van der Waals surface area contributed by atoms with Crippen LogP contribution < -0.4 is 36.1 Å². The van der Waals surface area contributed by atoms with Gasteiger partial charge in [0.2, 0.25) is 5.69 Å². The Kier molecular flexibility index (Phi) is 4.04. The minimum absolute atomic E-state index is 0.156. The topological polar surface area (TPSA) is 26.2 Å². The Morgan fingerprint density at radius 1 is 0.750 bits per heavy atom. The molecule has 0 fully saturated rings. The third-order valence-electron chi connectivity index (χ3n) is 7.74. The van der Waals surface area contributed by atoms with Crippen LogP contribution in [0.2, 0.25) is 0 Å². The molecule has 36 heavy (non-hydrogen) atoms. The van der Waals surface area contributed by atoms with E-state index in [9.17, 15) is 0 Å². The minimum atomic E-state index is 0.156. The fraction of sp³-hybridized carbons (Fsp3) is 0.0645. The first kappa shape index (κ1) is 20.1. The Morgan fingerprint density at radius 3 is 2.47 bits per heavy atom. The molecule has 0 amide bonds. The second-order valence-corrected chi connectivity index (χ2v) is 11.0. The van der Waals surface area contributed by atoms with Crippen molar-refractivity contribution in [3.63, 3.8) is 0 Å². The molecule has 0 bridgehead atoms. The smallest absolute Gasteiger partial charge is 0.250 e. The lowest BCUT2D eigenvalue weighted by Gasteiger charge is -2.32. The van der Waals surface area contributed by atoms with Crippen LogP contribution in [0.1, 0.15) is 5.56 Å². The Balaban J connectivity index is 1.45. The molecule has 4 aromatic carbocycles. The van der Waals surface area contributed by atoms with Crippen molar-refractivity contribution in [2.24, 2.45) is 7.05 Å². The molecular weight excluding hydrogens is 457 g/mol. The molecule has 2 aromatic heterocycles. The lowest BCUT2D eigenvalue weighted by molar-refractivity contribution is -0.660. The van der Waals surface area contributed by atoms with Gasteiger partial charge < -0.3 is 9.15 Å². The van der Waals surface area contributed by atoms with Crippen molar-refractivity contribution < 1.29 is 13.7 Å². The van der Waals surface area contributed by atoms with E-state index in [2.05, 4.69) is 110 Å². The van der Waals surface area contributed by atoms with Crippen molar-refractivity contribution >= 4 is 64.9 Å². The highest BCUT2D eigenvalue weighted by Crippen LogP contribution is 2.36. The van der Waals surface area contributed by atoms with E-state index in [-0.39, 0.29) is 6.71 Å². The lowest BCUT2D eigenvalue weighted by Crippen LogP contribution is -2.69. The largest absolute Gasteiger partial charge is 0.458 e. The lowest BCUT2D eigenvalue weighted by atomic mass is 9.35. The van der Waals surface area contributed by atoms with E-state index in [1.54, 1.807) is 0 Å². The fourth-order valence-corrected chi connectivity index (χ4v) is 7.59. The molecule has 0 saturated heterocycles. The number of para-hydroxylation sites is 1. The fourth-order valence-electron chi connectivity index (χ4n) is 6.07. The number of benzene rings is 4. The molecule has 4 heterocycles. The summed E-state index contributed by atoms with van der Waals surface area (Å²) in [4.78, 5) is 0. The SMILES string of the molecule is Cc1ccc2c(oc3c4c(ccc32)B2c3ccccc3Oc3cccc(c32)[Si]4)c1-c1cccc[n+]1C. The predicted octanol–water partition coefficient (Wildman–Crippen LogP) is 2.98. The summed E-state index contributed by atoms with van der Waals surface area (Å²) in [6, 6.07) is 30.3. The molecule has 8 rings (SSSR count). The van der Waals surface area contributed by atoms with Gasteiger partial charge in [-0.15, -0.1) is 0 Å². The quantitative estimate of drug-likeness (QED) is 0.268. The van der Waals surface area contributed by atoms with E-state index < -0.39 is 0 Å². The van der Waals surface area contributed by atoms with Crippen LogP contribution in [0.15, 0.2) is 95.5 Å². The van der Waals surface area contributed by atoms with Crippen molar-refractivity contribution in [1.29, 1.82) is 0 Å². The maximum Gasteiger partial charge on any atom is 0.250 e. The van der Waals surface area contributed by atoms with E-state index in [1.807, 2.05) is 0 Å². The molecule has 2 aliphatic rings. The number of aryl methyl sites for hydroxylation is 2. The zero-order valence-corrected chi connectivity index (χ0v) is 21.0. The summed E-state index contributed by atoms with van der Waals surface area (Å²) in [6.07, 6.45) is 2.09. The van der Waals surface area contributed by atoms with Crippen LogP contribution in [-0.2, 0) is 7.05 Å². The predicted molar refractivity (Wildman–Crippen MR) is 148 cm³/mol. The van der Waals surface area contributed by atoms with Gasteiger partial charge in [-0.1, -0.05) is 65.2 Å². The third-order valence-corrected chi connectivity index (χ3v) is 9.21. The van der Waals surface area contributed by atoms with E-state index in [1.165, 1.54) is 48.7 Å². The molecule has 3 nitrogen and oxygen atoms in total. The number of rotatable bonds is 1. The first-order valence-corrected chi connectivity index (χ1v) is 13.3. The van der Waals surface area contributed by atoms with Gasteiger partial charge in [0.15, 0.2) is 6.20 Å². The van der Waals surface area contributed by atoms with Crippen LogP contribution in [0.4, 0.5) is 0 Å². The number of ether oxygens (including phenoxy) is 1. The minimum Gasteiger partial charge on any atom is -0.458 e. The van der Waals surface area contributed by atoms with E-state index in [4.69, 9.17) is 9.15 Å². The molecule has 168 valence electrons. The Morgan fingerprint density at radius 2 is 1.56 bits per heavy atom. The van der Waals surface area contributed by atoms with Gasteiger partial charge in [0.25, 0.3) is 6.71 Å². The van der Waals surface area contributed by atoms with Gasteiger partial charge in [-0.2, -0.15) is 0 Å². The number of nitrogens with zero attached hydrogens (tertiary/aromatic N) is 1. The van der Waals surface area contributed by atoms with E-state index in [0.29, 0.717) is 9.52 Å². The standard InChI is InChI=1S/C31H21BNO2Si/c1-18-13-14-19-20-15-16-22-31(30(20)35-29(19)27(18)23-9-5-6-17-33(23)2)36-26-12-7-11-25-28(26)32(22)21-8-3-4-10-24(21)34-25/h3-17H,1-2H3/q+1. The molecule has 0 N–H and O–H groups in total. The second-order valence-electron chi connectivity index (χ2n) is 9.75. The van der Waals surface area contributed by atoms with Gasteiger partial charge in [-0.3, -0.25) is 0 Å². The molecule has 2 aliphatic heterocycles. The Hall–Kier alpha value is -4.09. The maximum absolute atomic E-state index is 6.88. The average Bonchev–Trinajstić information content (AvgIpc) is 3.28. The Bertz CT molecular complexity index is 1890. The highest BCUT2D eigenvalue weighted by Gasteiger charge is 2.39. The number of aromatic nitrogens is 1. The summed E-state index contributed by atoms with van der Waals surface area (Å²) in [7, 11) is 2.61. The van der Waals surface area contributed by atoms with Crippen LogP contribution >= 0.6 is 0 Å². The first-order valence-electron chi connectivity index (χ1n) is 12.3. The molecule has 0 unspecified atom stereocenters. The second kappa shape index (κ2) is 7.22. The first-order chi connectivity index (χ1) is 17.7. The van der Waals surface area contributed by atoms with E-state index >= 15 is 0 Å². The normalized spacial score (nSPS) is 13.3. The van der Waals surface area contributed by atoms with Gasteiger partial charge >= 0.3 is 0 Å². The van der Waals surface area contributed by atoms with Crippen molar-refractivity contribution in [3.05, 3.63) is 96.7 Å². The van der Waals surface area contributed by atoms with Gasteiger partial charge in [-0.05, 0) is 46.8 Å². The molecule has 5 heteroatoms. The maximum atomic E-state index is 6.88. The van der Waals surface area contributed by atoms with Crippen LogP contribution in [0.25, 0.3) is 33.2 Å². The van der Waals surface area contributed by atoms with Gasteiger partial charge in [-0.25, -0.2) is 4.57 Å². The molecule has 2 radical (unpaired) electrons. The van der Waals surface area contributed by atoms with Crippen LogP contribution in [0, 0.1) is 6.92 Å². The molecule has 0 atom stereocenters. The Labute approximate surface area is 211 Å². The van der Waals surface area contributed by atoms with Crippen LogP contribution in [0.3, 0.4) is 0 Å². The monoisotopic (exact) mass is 478 g/mol.